The molecule has 1 heterocycles. The molecule has 1 saturated heterocycles. The SMILES string of the molecule is CCOC(=O)c1ccc(NC(=O)CC2SC(=Nc3ccc(Cl)c(C)c3)N(C)C2=O)cc1. The Labute approximate surface area is 189 Å². The van der Waals surface area contributed by atoms with Crippen LogP contribution in [0.1, 0.15) is 29.3 Å². The van der Waals surface area contributed by atoms with Gasteiger partial charge in [-0.25, -0.2) is 9.79 Å². The van der Waals surface area contributed by atoms with Crippen molar-refractivity contribution in [3.63, 3.8) is 0 Å². The molecule has 0 saturated carbocycles. The third-order valence-corrected chi connectivity index (χ3v) is 6.21. The van der Waals surface area contributed by atoms with Gasteiger partial charge < -0.3 is 10.1 Å². The molecule has 0 radical (unpaired) electrons. The van der Waals surface area contributed by atoms with E-state index in [1.165, 1.54) is 16.7 Å². The highest BCUT2D eigenvalue weighted by molar-refractivity contribution is 8.15. The van der Waals surface area contributed by atoms with Gasteiger partial charge in [0, 0.05) is 24.2 Å². The number of carbonyl (C=O) groups excluding carboxylic acids is 3. The number of hydrogen-bond acceptors (Lipinski definition) is 6. The van der Waals surface area contributed by atoms with Crippen LogP contribution in [0.15, 0.2) is 47.5 Å². The van der Waals surface area contributed by atoms with Gasteiger partial charge in [0.15, 0.2) is 5.17 Å². The average molecular weight is 460 g/mol. The number of aryl methyl sites for hydroxylation is 1. The van der Waals surface area contributed by atoms with Gasteiger partial charge in [-0.1, -0.05) is 23.4 Å². The van der Waals surface area contributed by atoms with Crippen molar-refractivity contribution in [2.75, 3.05) is 19.0 Å². The summed E-state index contributed by atoms with van der Waals surface area (Å²) < 4.78 is 4.94. The predicted octanol–water partition coefficient (Wildman–Crippen LogP) is 4.42. The van der Waals surface area contributed by atoms with Gasteiger partial charge in [-0.05, 0) is 61.9 Å². The van der Waals surface area contributed by atoms with Crippen molar-refractivity contribution < 1.29 is 19.1 Å². The summed E-state index contributed by atoms with van der Waals surface area (Å²) in [7, 11) is 1.64. The van der Waals surface area contributed by atoms with E-state index in [-0.39, 0.29) is 18.2 Å². The van der Waals surface area contributed by atoms with E-state index in [2.05, 4.69) is 10.3 Å². The second kappa shape index (κ2) is 9.98. The summed E-state index contributed by atoms with van der Waals surface area (Å²) in [5, 5.41) is 3.37. The minimum absolute atomic E-state index is 0.00608. The molecule has 7 nitrogen and oxygen atoms in total. The minimum atomic E-state index is -0.559. The first-order chi connectivity index (χ1) is 14.8. The second-order valence-electron chi connectivity index (χ2n) is 6.88. The molecule has 1 fully saturated rings. The van der Waals surface area contributed by atoms with E-state index in [0.717, 1.165) is 5.56 Å². The number of thioether (sulfide) groups is 1. The van der Waals surface area contributed by atoms with Gasteiger partial charge in [-0.2, -0.15) is 0 Å². The first-order valence-electron chi connectivity index (χ1n) is 9.64. The molecular weight excluding hydrogens is 438 g/mol. The highest BCUT2D eigenvalue weighted by Crippen LogP contribution is 2.31. The Morgan fingerprint density at radius 1 is 1.23 bits per heavy atom. The molecule has 0 aromatic heterocycles. The third kappa shape index (κ3) is 5.65. The molecule has 3 rings (SSSR count). The van der Waals surface area contributed by atoms with Crippen LogP contribution in [0.3, 0.4) is 0 Å². The molecule has 31 heavy (non-hydrogen) atoms. The van der Waals surface area contributed by atoms with Gasteiger partial charge in [0.25, 0.3) is 0 Å². The number of rotatable bonds is 6. The number of benzene rings is 2. The molecule has 1 aliphatic heterocycles. The van der Waals surface area contributed by atoms with Crippen molar-refractivity contribution in [2.24, 2.45) is 4.99 Å². The van der Waals surface area contributed by atoms with Crippen molar-refractivity contribution in [1.29, 1.82) is 0 Å². The number of carbonyl (C=O) groups is 3. The van der Waals surface area contributed by atoms with Gasteiger partial charge in [-0.15, -0.1) is 0 Å². The van der Waals surface area contributed by atoms with Crippen molar-refractivity contribution in [3.8, 4) is 0 Å². The Balaban J connectivity index is 1.62. The Morgan fingerprint density at radius 2 is 1.94 bits per heavy atom. The standard InChI is InChI=1S/C22H22ClN3O4S/c1-4-30-21(29)14-5-7-15(8-6-14)24-19(27)12-18-20(28)26(3)22(31-18)25-16-9-10-17(23)13(2)11-16/h5-11,18H,4,12H2,1-3H3,(H,24,27). The number of esters is 1. The minimum Gasteiger partial charge on any atom is -0.462 e. The van der Waals surface area contributed by atoms with Crippen LogP contribution in [0, 0.1) is 6.92 Å². The lowest BCUT2D eigenvalue weighted by Crippen LogP contribution is -2.30. The molecule has 0 spiro atoms. The number of nitrogens with one attached hydrogen (secondary N) is 1. The van der Waals surface area contributed by atoms with Crippen LogP contribution >= 0.6 is 23.4 Å². The maximum absolute atomic E-state index is 12.6. The fourth-order valence-electron chi connectivity index (χ4n) is 2.89. The van der Waals surface area contributed by atoms with Crippen LogP contribution in [0.5, 0.6) is 0 Å². The van der Waals surface area contributed by atoms with Gasteiger partial charge in [0.2, 0.25) is 11.8 Å². The summed E-state index contributed by atoms with van der Waals surface area (Å²) >= 11 is 7.30. The van der Waals surface area contributed by atoms with E-state index in [0.29, 0.717) is 33.7 Å². The molecule has 1 atom stereocenters. The molecule has 1 aliphatic rings. The largest absolute Gasteiger partial charge is 0.462 e. The van der Waals surface area contributed by atoms with E-state index in [1.807, 2.05) is 13.0 Å². The third-order valence-electron chi connectivity index (χ3n) is 4.56. The first-order valence-corrected chi connectivity index (χ1v) is 10.9. The van der Waals surface area contributed by atoms with Crippen molar-refractivity contribution >= 4 is 57.7 Å². The van der Waals surface area contributed by atoms with Crippen molar-refractivity contribution in [2.45, 2.75) is 25.5 Å². The summed E-state index contributed by atoms with van der Waals surface area (Å²) in [5.41, 5.74) is 2.52. The molecule has 1 unspecified atom stereocenters. The Hall–Kier alpha value is -2.84. The number of nitrogens with zero attached hydrogens (tertiary/aromatic N) is 2. The highest BCUT2D eigenvalue weighted by Gasteiger charge is 2.37. The van der Waals surface area contributed by atoms with E-state index >= 15 is 0 Å². The monoisotopic (exact) mass is 459 g/mol. The molecular formula is C22H22ClN3O4S. The first kappa shape index (κ1) is 22.8. The van der Waals surface area contributed by atoms with Crippen LogP contribution in [-0.4, -0.2) is 46.8 Å². The van der Waals surface area contributed by atoms with Crippen molar-refractivity contribution in [3.05, 3.63) is 58.6 Å². The summed E-state index contributed by atoms with van der Waals surface area (Å²) in [6.45, 7) is 3.91. The number of anilines is 1. The Bertz CT molecular complexity index is 1040. The average Bonchev–Trinajstić information content (AvgIpc) is 2.99. The predicted molar refractivity (Wildman–Crippen MR) is 123 cm³/mol. The quantitative estimate of drug-likeness (QED) is 0.646. The molecule has 162 valence electrons. The summed E-state index contributed by atoms with van der Waals surface area (Å²) in [5.74, 6) is -0.895. The summed E-state index contributed by atoms with van der Waals surface area (Å²) in [4.78, 5) is 42.7. The topological polar surface area (TPSA) is 88.1 Å². The lowest BCUT2D eigenvalue weighted by molar-refractivity contribution is -0.127. The number of ether oxygens (including phenoxy) is 1. The van der Waals surface area contributed by atoms with Gasteiger partial charge in [-0.3, -0.25) is 14.5 Å². The van der Waals surface area contributed by atoms with E-state index < -0.39 is 11.2 Å². The van der Waals surface area contributed by atoms with Gasteiger partial charge in [0.05, 0.1) is 17.9 Å². The number of halogens is 1. The fraction of sp³-hybridized carbons (Fsp3) is 0.273. The Kier molecular flexibility index (Phi) is 7.35. The second-order valence-corrected chi connectivity index (χ2v) is 8.46. The number of hydrogen-bond donors (Lipinski definition) is 1. The lowest BCUT2D eigenvalue weighted by atomic mass is 10.2. The zero-order valence-electron chi connectivity index (χ0n) is 17.3. The Morgan fingerprint density at radius 3 is 2.58 bits per heavy atom. The maximum Gasteiger partial charge on any atom is 0.338 e. The zero-order valence-corrected chi connectivity index (χ0v) is 18.9. The molecule has 2 aromatic rings. The zero-order chi connectivity index (χ0) is 22.5. The number of amidine groups is 1. The van der Waals surface area contributed by atoms with Crippen LogP contribution in [-0.2, 0) is 14.3 Å². The maximum atomic E-state index is 12.6. The fourth-order valence-corrected chi connectivity index (χ4v) is 4.16. The normalized spacial score (nSPS) is 17.2. The molecule has 9 heteroatoms. The molecule has 2 amide bonds. The van der Waals surface area contributed by atoms with Gasteiger partial charge in [0.1, 0.15) is 5.25 Å². The summed E-state index contributed by atoms with van der Waals surface area (Å²) in [6, 6.07) is 11.8. The smallest absolute Gasteiger partial charge is 0.338 e. The lowest BCUT2D eigenvalue weighted by Gasteiger charge is -2.10. The highest BCUT2D eigenvalue weighted by atomic mass is 35.5. The molecule has 0 aliphatic carbocycles. The van der Waals surface area contributed by atoms with Crippen LogP contribution in [0.25, 0.3) is 0 Å². The van der Waals surface area contributed by atoms with E-state index in [4.69, 9.17) is 16.3 Å². The molecule has 0 bridgehead atoms. The number of aliphatic imine (C=N–C) groups is 1. The van der Waals surface area contributed by atoms with Crippen molar-refractivity contribution in [1.82, 2.24) is 4.90 Å². The van der Waals surface area contributed by atoms with Crippen LogP contribution in [0.4, 0.5) is 11.4 Å². The number of amides is 2. The van der Waals surface area contributed by atoms with Gasteiger partial charge >= 0.3 is 5.97 Å². The van der Waals surface area contributed by atoms with E-state index in [1.54, 1.807) is 50.4 Å². The molecule has 1 N–H and O–H groups in total. The van der Waals surface area contributed by atoms with Crippen LogP contribution < -0.4 is 5.32 Å². The van der Waals surface area contributed by atoms with E-state index in [9.17, 15) is 14.4 Å². The summed E-state index contributed by atoms with van der Waals surface area (Å²) in [6.07, 6.45) is 0.00608. The molecule has 2 aromatic carbocycles. The van der Waals surface area contributed by atoms with Crippen LogP contribution in [0.2, 0.25) is 5.02 Å².